The number of hydrogen-bond donors (Lipinski definition) is 2. The fourth-order valence-corrected chi connectivity index (χ4v) is 3.28. The predicted molar refractivity (Wildman–Crippen MR) is 90.5 cm³/mol. The molecule has 2 saturated heterocycles. The Labute approximate surface area is 147 Å². The second kappa shape index (κ2) is 7.95. The summed E-state index contributed by atoms with van der Waals surface area (Å²) >= 11 is 0. The molecule has 0 aromatic heterocycles. The number of anilines is 1. The van der Waals surface area contributed by atoms with Crippen molar-refractivity contribution < 1.29 is 28.7 Å². The number of hydrogen-bond acceptors (Lipinski definition) is 5. The quantitative estimate of drug-likeness (QED) is 0.744. The zero-order valence-corrected chi connectivity index (χ0v) is 14.5. The maximum absolute atomic E-state index is 12.2. The van der Waals surface area contributed by atoms with Gasteiger partial charge in [-0.2, -0.15) is 0 Å². The highest BCUT2D eigenvalue weighted by Crippen LogP contribution is 2.27. The van der Waals surface area contributed by atoms with Gasteiger partial charge in [-0.3, -0.25) is 4.79 Å². The summed E-state index contributed by atoms with van der Waals surface area (Å²) in [6.45, 7) is 5.56. The molecule has 2 heterocycles. The number of esters is 1. The van der Waals surface area contributed by atoms with Crippen LogP contribution in [0.15, 0.2) is 24.3 Å². The Kier molecular flexibility index (Phi) is 5.67. The molecular formula is C18H25N2O5+. The number of benzene rings is 1. The molecule has 1 amide bonds. The average Bonchev–Trinajstić information content (AvgIpc) is 3.06. The molecule has 1 aromatic rings. The molecule has 0 aliphatic carbocycles. The van der Waals surface area contributed by atoms with E-state index in [0.29, 0.717) is 37.6 Å². The molecule has 7 heteroatoms. The zero-order chi connectivity index (χ0) is 17.7. The fourth-order valence-electron chi connectivity index (χ4n) is 3.28. The van der Waals surface area contributed by atoms with Gasteiger partial charge in [0.2, 0.25) is 0 Å². The first kappa shape index (κ1) is 17.8. The highest BCUT2D eigenvalue weighted by atomic mass is 16.7. The van der Waals surface area contributed by atoms with E-state index in [0.717, 1.165) is 25.9 Å². The highest BCUT2D eigenvalue weighted by molar-refractivity contribution is 5.93. The van der Waals surface area contributed by atoms with Gasteiger partial charge in [0, 0.05) is 5.69 Å². The summed E-state index contributed by atoms with van der Waals surface area (Å²) in [6.07, 6.45) is 1.65. The van der Waals surface area contributed by atoms with E-state index in [9.17, 15) is 9.59 Å². The van der Waals surface area contributed by atoms with Gasteiger partial charge in [0.1, 0.15) is 0 Å². The van der Waals surface area contributed by atoms with E-state index in [1.165, 1.54) is 4.90 Å². The lowest BCUT2D eigenvalue weighted by molar-refractivity contribution is -0.900. The molecule has 0 atom stereocenters. The number of amides is 1. The Hall–Kier alpha value is -1.96. The molecule has 7 nitrogen and oxygen atoms in total. The van der Waals surface area contributed by atoms with Crippen molar-refractivity contribution in [2.24, 2.45) is 0 Å². The predicted octanol–water partition coefficient (Wildman–Crippen LogP) is 0.224. The van der Waals surface area contributed by atoms with Crippen molar-refractivity contribution in [3.8, 4) is 0 Å². The van der Waals surface area contributed by atoms with E-state index in [1.54, 1.807) is 31.2 Å². The van der Waals surface area contributed by atoms with Gasteiger partial charge in [-0.15, -0.1) is 0 Å². The fraction of sp³-hybridized carbons (Fsp3) is 0.556. The third-order valence-corrected chi connectivity index (χ3v) is 4.62. The topological polar surface area (TPSA) is 78.3 Å². The number of nitrogens with one attached hydrogen (secondary N) is 2. The summed E-state index contributed by atoms with van der Waals surface area (Å²) < 4.78 is 16.3. The van der Waals surface area contributed by atoms with Crippen LogP contribution in [0.2, 0.25) is 0 Å². The summed E-state index contributed by atoms with van der Waals surface area (Å²) in [7, 11) is 0. The average molecular weight is 349 g/mol. The molecule has 1 aromatic carbocycles. The SMILES string of the molecule is CCOC(=O)c1ccc(NC(=O)C[NH+]2CCC3(CC2)OCCO3)cc1. The van der Waals surface area contributed by atoms with E-state index in [1.807, 2.05) is 0 Å². The van der Waals surface area contributed by atoms with Crippen molar-refractivity contribution in [3.63, 3.8) is 0 Å². The van der Waals surface area contributed by atoms with Gasteiger partial charge in [-0.05, 0) is 31.2 Å². The van der Waals surface area contributed by atoms with E-state index in [2.05, 4.69) is 5.32 Å². The van der Waals surface area contributed by atoms with E-state index >= 15 is 0 Å². The van der Waals surface area contributed by atoms with Gasteiger partial charge < -0.3 is 24.4 Å². The van der Waals surface area contributed by atoms with Crippen molar-refractivity contribution in [1.29, 1.82) is 0 Å². The number of quaternary nitrogens is 1. The van der Waals surface area contributed by atoms with Crippen LogP contribution in [0.25, 0.3) is 0 Å². The second-order valence-electron chi connectivity index (χ2n) is 6.38. The molecule has 2 N–H and O–H groups in total. The van der Waals surface area contributed by atoms with E-state index < -0.39 is 5.79 Å². The van der Waals surface area contributed by atoms with Crippen molar-refractivity contribution >= 4 is 17.6 Å². The summed E-state index contributed by atoms with van der Waals surface area (Å²) in [6, 6.07) is 6.73. The van der Waals surface area contributed by atoms with E-state index in [4.69, 9.17) is 14.2 Å². The first-order valence-corrected chi connectivity index (χ1v) is 8.79. The number of rotatable bonds is 5. The van der Waals surface area contributed by atoms with Gasteiger partial charge >= 0.3 is 5.97 Å². The van der Waals surface area contributed by atoms with Crippen molar-refractivity contribution in [2.75, 3.05) is 44.8 Å². The molecule has 136 valence electrons. The van der Waals surface area contributed by atoms with E-state index in [-0.39, 0.29) is 11.9 Å². The van der Waals surface area contributed by atoms with Crippen molar-refractivity contribution in [3.05, 3.63) is 29.8 Å². The normalized spacial score (nSPS) is 19.7. The summed E-state index contributed by atoms with van der Waals surface area (Å²) in [5, 5.41) is 2.87. The standard InChI is InChI=1S/C18H24N2O5/c1-2-23-17(22)14-3-5-15(6-4-14)19-16(21)13-20-9-7-18(8-10-20)24-11-12-25-18/h3-6H,2,7-13H2,1H3,(H,19,21)/p+1. The molecule has 0 bridgehead atoms. The van der Waals surface area contributed by atoms with Gasteiger partial charge in [0.05, 0.1) is 51.3 Å². The van der Waals surface area contributed by atoms with Gasteiger partial charge in [-0.1, -0.05) is 0 Å². The molecule has 2 aliphatic rings. The first-order valence-electron chi connectivity index (χ1n) is 8.79. The minimum absolute atomic E-state index is 0.0388. The molecular weight excluding hydrogens is 324 g/mol. The maximum atomic E-state index is 12.2. The summed E-state index contributed by atoms with van der Waals surface area (Å²) in [5.41, 5.74) is 1.15. The Morgan fingerprint density at radius 1 is 1.16 bits per heavy atom. The first-order chi connectivity index (χ1) is 12.1. The lowest BCUT2D eigenvalue weighted by Crippen LogP contribution is -3.14. The van der Waals surface area contributed by atoms with Crippen LogP contribution in [0, 0.1) is 0 Å². The third kappa shape index (κ3) is 4.56. The minimum atomic E-state index is -0.400. The number of ether oxygens (including phenoxy) is 3. The number of likely N-dealkylation sites (tertiary alicyclic amines) is 1. The lowest BCUT2D eigenvalue weighted by Gasteiger charge is -2.34. The molecule has 2 fully saturated rings. The molecule has 3 rings (SSSR count). The minimum Gasteiger partial charge on any atom is -0.462 e. The van der Waals surface area contributed by atoms with Crippen molar-refractivity contribution in [2.45, 2.75) is 25.6 Å². The van der Waals surface area contributed by atoms with Crippen LogP contribution >= 0.6 is 0 Å². The van der Waals surface area contributed by atoms with Crippen LogP contribution in [-0.2, 0) is 19.0 Å². The molecule has 0 unspecified atom stereocenters. The summed E-state index contributed by atoms with van der Waals surface area (Å²) in [5.74, 6) is -0.797. The smallest absolute Gasteiger partial charge is 0.338 e. The van der Waals surface area contributed by atoms with Gasteiger partial charge in [0.15, 0.2) is 12.3 Å². The number of piperidine rings is 1. The van der Waals surface area contributed by atoms with Gasteiger partial charge in [0.25, 0.3) is 5.91 Å². The van der Waals surface area contributed by atoms with Crippen LogP contribution in [-0.4, -0.2) is 57.1 Å². The third-order valence-electron chi connectivity index (χ3n) is 4.62. The Morgan fingerprint density at radius 2 is 1.80 bits per heavy atom. The maximum Gasteiger partial charge on any atom is 0.338 e. The van der Waals surface area contributed by atoms with Crippen molar-refractivity contribution in [1.82, 2.24) is 0 Å². The van der Waals surface area contributed by atoms with Gasteiger partial charge in [-0.25, -0.2) is 4.79 Å². The highest BCUT2D eigenvalue weighted by Gasteiger charge is 2.41. The lowest BCUT2D eigenvalue weighted by atomic mass is 10.0. The van der Waals surface area contributed by atoms with Crippen LogP contribution in [0.5, 0.6) is 0 Å². The Morgan fingerprint density at radius 3 is 2.40 bits per heavy atom. The van der Waals surface area contributed by atoms with Crippen LogP contribution in [0.3, 0.4) is 0 Å². The molecule has 0 radical (unpaired) electrons. The monoisotopic (exact) mass is 349 g/mol. The molecule has 1 spiro atoms. The zero-order valence-electron chi connectivity index (χ0n) is 14.5. The second-order valence-corrected chi connectivity index (χ2v) is 6.38. The molecule has 25 heavy (non-hydrogen) atoms. The molecule has 2 aliphatic heterocycles. The molecule has 0 saturated carbocycles. The van der Waals surface area contributed by atoms with Crippen LogP contribution < -0.4 is 10.2 Å². The van der Waals surface area contributed by atoms with Crippen LogP contribution in [0.1, 0.15) is 30.1 Å². The number of carbonyl (C=O) groups excluding carboxylic acids is 2. The Balaban J connectivity index is 1.45. The summed E-state index contributed by atoms with van der Waals surface area (Å²) in [4.78, 5) is 25.1. The largest absolute Gasteiger partial charge is 0.462 e. The Bertz CT molecular complexity index is 600. The van der Waals surface area contributed by atoms with Crippen LogP contribution in [0.4, 0.5) is 5.69 Å². The number of carbonyl (C=O) groups is 2.